The number of carbonyl (C=O) groups excluding carboxylic acids is 1. The minimum atomic E-state index is -4.57. The number of fused-ring (bicyclic) bond motifs is 3. The van der Waals surface area contributed by atoms with Crippen LogP contribution >= 0.6 is 0 Å². The minimum Gasteiger partial charge on any atom is -0.469 e. The first-order valence-electron chi connectivity index (χ1n) is 10.5. The highest BCUT2D eigenvalue weighted by molar-refractivity contribution is 6.04. The number of amides is 1. The lowest BCUT2D eigenvalue weighted by atomic mass is 9.94. The van der Waals surface area contributed by atoms with Crippen LogP contribution in [0.3, 0.4) is 0 Å². The third-order valence-corrected chi connectivity index (χ3v) is 5.99. The van der Waals surface area contributed by atoms with Gasteiger partial charge in [-0.15, -0.1) is 0 Å². The number of hydrogen-bond acceptors (Lipinski definition) is 3. The topological polar surface area (TPSA) is 60.1 Å². The molecule has 0 unspecified atom stereocenters. The third-order valence-electron chi connectivity index (χ3n) is 5.99. The van der Waals surface area contributed by atoms with Gasteiger partial charge in [-0.25, -0.2) is 4.68 Å². The number of halogens is 3. The lowest BCUT2D eigenvalue weighted by molar-refractivity contribution is -0.142. The zero-order chi connectivity index (χ0) is 23.3. The van der Waals surface area contributed by atoms with Crippen molar-refractivity contribution in [1.29, 1.82) is 0 Å². The van der Waals surface area contributed by atoms with Gasteiger partial charge in [0.05, 0.1) is 17.6 Å². The van der Waals surface area contributed by atoms with Gasteiger partial charge in [-0.3, -0.25) is 4.79 Å². The van der Waals surface area contributed by atoms with Gasteiger partial charge >= 0.3 is 6.18 Å². The Morgan fingerprint density at radius 2 is 1.79 bits per heavy atom. The highest BCUT2D eigenvalue weighted by Crippen LogP contribution is 2.42. The quantitative estimate of drug-likeness (QED) is 0.408. The summed E-state index contributed by atoms with van der Waals surface area (Å²) in [7, 11) is 0. The van der Waals surface area contributed by atoms with Crippen LogP contribution in [0.5, 0.6) is 0 Å². The Morgan fingerprint density at radius 1 is 1.03 bits per heavy atom. The van der Waals surface area contributed by atoms with Gasteiger partial charge in [0.1, 0.15) is 5.76 Å². The summed E-state index contributed by atoms with van der Waals surface area (Å²) in [6.07, 6.45) is -2.50. The molecule has 0 aliphatic heterocycles. The van der Waals surface area contributed by atoms with Crippen molar-refractivity contribution in [2.24, 2.45) is 0 Å². The predicted octanol–water partition coefficient (Wildman–Crippen LogP) is 6.12. The van der Waals surface area contributed by atoms with E-state index in [1.807, 2.05) is 32.0 Å². The molecule has 5 rings (SSSR count). The molecule has 1 aliphatic rings. The average Bonchev–Trinajstić information content (AvgIpc) is 3.40. The molecular formula is C25H20F3N3O2. The molecule has 4 aromatic rings. The van der Waals surface area contributed by atoms with E-state index in [2.05, 4.69) is 10.4 Å². The summed E-state index contributed by atoms with van der Waals surface area (Å²) in [5, 5.41) is 6.77. The number of nitrogens with one attached hydrogen (secondary N) is 1. The summed E-state index contributed by atoms with van der Waals surface area (Å²) in [6, 6.07) is 13.6. The highest BCUT2D eigenvalue weighted by atomic mass is 19.4. The Bertz CT molecular complexity index is 1360. The Labute approximate surface area is 187 Å². The maximum Gasteiger partial charge on any atom is 0.435 e. The van der Waals surface area contributed by atoms with Crippen LogP contribution in [-0.4, -0.2) is 15.7 Å². The van der Waals surface area contributed by atoms with E-state index >= 15 is 0 Å². The van der Waals surface area contributed by atoms with Gasteiger partial charge in [-0.2, -0.15) is 18.3 Å². The number of nitrogens with zero attached hydrogens (tertiary/aromatic N) is 2. The van der Waals surface area contributed by atoms with Gasteiger partial charge < -0.3 is 9.73 Å². The minimum absolute atomic E-state index is 0.160. The monoisotopic (exact) mass is 451 g/mol. The molecule has 0 bridgehead atoms. The number of furan rings is 1. The van der Waals surface area contributed by atoms with E-state index in [-0.39, 0.29) is 17.9 Å². The summed E-state index contributed by atoms with van der Waals surface area (Å²) >= 11 is 0. The fraction of sp³-hybridized carbons (Fsp3) is 0.200. The van der Waals surface area contributed by atoms with Crippen molar-refractivity contribution < 1.29 is 22.4 Å². The summed E-state index contributed by atoms with van der Waals surface area (Å²) in [4.78, 5) is 12.7. The largest absolute Gasteiger partial charge is 0.469 e. The van der Waals surface area contributed by atoms with E-state index in [1.54, 1.807) is 30.3 Å². The van der Waals surface area contributed by atoms with E-state index in [0.717, 1.165) is 11.1 Å². The first kappa shape index (κ1) is 21.1. The van der Waals surface area contributed by atoms with Gasteiger partial charge in [0.15, 0.2) is 5.69 Å². The fourth-order valence-electron chi connectivity index (χ4n) is 4.14. The smallest absolute Gasteiger partial charge is 0.435 e. The van der Waals surface area contributed by atoms with E-state index in [4.69, 9.17) is 4.42 Å². The van der Waals surface area contributed by atoms with Crippen molar-refractivity contribution in [1.82, 2.24) is 9.78 Å². The zero-order valence-corrected chi connectivity index (χ0v) is 18.0. The maximum absolute atomic E-state index is 13.7. The van der Waals surface area contributed by atoms with Crippen molar-refractivity contribution in [2.45, 2.75) is 32.9 Å². The number of rotatable bonds is 3. The summed E-state index contributed by atoms with van der Waals surface area (Å²) in [5.41, 5.74) is 3.94. The Kier molecular flexibility index (Phi) is 4.88. The van der Waals surface area contributed by atoms with Crippen LogP contribution in [0.1, 0.15) is 38.5 Å². The number of alkyl halides is 3. The second kappa shape index (κ2) is 7.65. The first-order chi connectivity index (χ1) is 15.7. The Balaban J connectivity index is 1.49. The molecule has 8 heteroatoms. The molecule has 0 saturated heterocycles. The van der Waals surface area contributed by atoms with Crippen molar-refractivity contribution in [3.8, 4) is 16.9 Å². The second-order valence-corrected chi connectivity index (χ2v) is 8.14. The number of anilines is 1. The average molecular weight is 451 g/mol. The molecule has 0 atom stereocenters. The number of aryl methyl sites for hydroxylation is 3. The van der Waals surface area contributed by atoms with Crippen LogP contribution in [0.2, 0.25) is 0 Å². The van der Waals surface area contributed by atoms with Crippen LogP contribution < -0.4 is 5.32 Å². The molecular weight excluding hydrogens is 431 g/mol. The fourth-order valence-corrected chi connectivity index (χ4v) is 4.14. The van der Waals surface area contributed by atoms with Crippen molar-refractivity contribution >= 4 is 11.6 Å². The van der Waals surface area contributed by atoms with Crippen LogP contribution in [0.15, 0.2) is 59.2 Å². The predicted molar refractivity (Wildman–Crippen MR) is 118 cm³/mol. The first-order valence-corrected chi connectivity index (χ1v) is 10.5. The van der Waals surface area contributed by atoms with Crippen LogP contribution in [0, 0.1) is 13.8 Å². The summed E-state index contributed by atoms with van der Waals surface area (Å²) in [5.74, 6) is 0.335. The molecule has 0 spiro atoms. The van der Waals surface area contributed by atoms with E-state index < -0.39 is 11.9 Å². The molecule has 5 nitrogen and oxygen atoms in total. The normalized spacial score (nSPS) is 12.9. The lowest BCUT2D eigenvalue weighted by Gasteiger charge is -2.15. The molecule has 168 valence electrons. The SMILES string of the molecule is Cc1ccc(NC(=O)c2ccc(-n3nc(C(F)(F)F)c4c3-c3ccoc3CC4)cc2)cc1C. The van der Waals surface area contributed by atoms with Crippen LogP contribution in [0.25, 0.3) is 16.9 Å². The van der Waals surface area contributed by atoms with Gasteiger partial charge in [0, 0.05) is 28.8 Å². The van der Waals surface area contributed by atoms with E-state index in [1.165, 1.54) is 10.9 Å². The van der Waals surface area contributed by atoms with Crippen molar-refractivity contribution in [3.63, 3.8) is 0 Å². The molecule has 0 radical (unpaired) electrons. The molecule has 2 aromatic carbocycles. The van der Waals surface area contributed by atoms with E-state index in [0.29, 0.717) is 40.4 Å². The molecule has 2 heterocycles. The van der Waals surface area contributed by atoms with Crippen molar-refractivity contribution in [3.05, 3.63) is 88.5 Å². The number of hydrogen-bond donors (Lipinski definition) is 1. The van der Waals surface area contributed by atoms with Gasteiger partial charge in [-0.1, -0.05) is 6.07 Å². The third kappa shape index (κ3) is 3.71. The zero-order valence-electron chi connectivity index (χ0n) is 18.0. The van der Waals surface area contributed by atoms with Gasteiger partial charge in [-0.05, 0) is 73.9 Å². The van der Waals surface area contributed by atoms with Crippen LogP contribution in [-0.2, 0) is 19.0 Å². The van der Waals surface area contributed by atoms with Gasteiger partial charge in [0.25, 0.3) is 5.91 Å². The Morgan fingerprint density at radius 3 is 2.48 bits per heavy atom. The lowest BCUT2D eigenvalue weighted by Crippen LogP contribution is -2.12. The highest BCUT2D eigenvalue weighted by Gasteiger charge is 2.41. The number of aromatic nitrogens is 2. The second-order valence-electron chi connectivity index (χ2n) is 8.14. The summed E-state index contributed by atoms with van der Waals surface area (Å²) < 4.78 is 47.8. The van der Waals surface area contributed by atoms with E-state index in [9.17, 15) is 18.0 Å². The van der Waals surface area contributed by atoms with Crippen LogP contribution in [0.4, 0.5) is 18.9 Å². The number of benzene rings is 2. The molecule has 1 amide bonds. The summed E-state index contributed by atoms with van der Waals surface area (Å²) in [6.45, 7) is 3.95. The standard InChI is InChI=1S/C25H20F3N3O2/c1-14-3-6-17(13-15(14)2)29-24(32)16-4-7-18(8-5-16)31-22-19-11-12-33-21(19)10-9-20(22)23(30-31)25(26,27)28/h3-8,11-13H,9-10H2,1-2H3,(H,29,32). The molecule has 2 aromatic heterocycles. The maximum atomic E-state index is 13.7. The van der Waals surface area contributed by atoms with Crippen molar-refractivity contribution in [2.75, 3.05) is 5.32 Å². The molecule has 0 saturated carbocycles. The number of carbonyl (C=O) groups is 1. The van der Waals surface area contributed by atoms with Gasteiger partial charge in [0.2, 0.25) is 0 Å². The molecule has 1 N–H and O–H groups in total. The molecule has 0 fully saturated rings. The Hall–Kier alpha value is -3.81. The molecule has 33 heavy (non-hydrogen) atoms. The molecule has 1 aliphatic carbocycles.